The van der Waals surface area contributed by atoms with E-state index >= 15 is 0 Å². The molecule has 1 aromatic rings. The predicted octanol–water partition coefficient (Wildman–Crippen LogP) is 3.60. The fourth-order valence-corrected chi connectivity index (χ4v) is 3.19. The fraction of sp³-hybridized carbons (Fsp3) is 0.600. The molecule has 6 nitrogen and oxygen atoms in total. The van der Waals surface area contributed by atoms with Crippen molar-refractivity contribution in [1.29, 1.82) is 0 Å². The van der Waals surface area contributed by atoms with Gasteiger partial charge in [-0.25, -0.2) is 4.79 Å². The van der Waals surface area contributed by atoms with Gasteiger partial charge >= 0.3 is 19.3 Å². The summed E-state index contributed by atoms with van der Waals surface area (Å²) in [5, 5.41) is 12.5. The second kappa shape index (κ2) is 11.2. The van der Waals surface area contributed by atoms with Gasteiger partial charge in [0.15, 0.2) is 0 Å². The van der Waals surface area contributed by atoms with Gasteiger partial charge in [0.1, 0.15) is 11.3 Å². The van der Waals surface area contributed by atoms with E-state index in [2.05, 4.69) is 12.2 Å². The Kier molecular flexibility index (Phi) is 9.01. The van der Waals surface area contributed by atoms with Gasteiger partial charge in [-0.15, -0.1) is 0 Å². The Hall–Kier alpha value is -2.23. The van der Waals surface area contributed by atoms with Gasteiger partial charge in [0, 0.05) is 6.42 Å². The molecule has 0 saturated carbocycles. The minimum absolute atomic E-state index is 0.117. The molecule has 1 atom stereocenters. The smallest absolute Gasteiger partial charge is 0.534 e. The van der Waals surface area contributed by atoms with Crippen LogP contribution in [0.4, 0.5) is 13.2 Å². The fourth-order valence-electron chi connectivity index (χ4n) is 3.19. The molecule has 1 heterocycles. The largest absolute Gasteiger partial charge is 0.547 e. The van der Waals surface area contributed by atoms with Gasteiger partial charge in [0.2, 0.25) is 5.91 Å². The minimum Gasteiger partial charge on any atom is -0.534 e. The lowest BCUT2D eigenvalue weighted by atomic mass is 9.72. The molecule has 166 valence electrons. The Morgan fingerprint density at radius 3 is 2.70 bits per heavy atom. The number of hydrogen-bond donors (Lipinski definition) is 2. The lowest BCUT2D eigenvalue weighted by Crippen LogP contribution is -2.53. The first kappa shape index (κ1) is 24.0. The number of halogens is 3. The first-order chi connectivity index (χ1) is 14.2. The first-order valence-corrected chi connectivity index (χ1v) is 10.2. The Labute approximate surface area is 174 Å². The van der Waals surface area contributed by atoms with Gasteiger partial charge in [-0.2, -0.15) is 13.2 Å². The maximum absolute atomic E-state index is 12.4. The summed E-state index contributed by atoms with van der Waals surface area (Å²) in [5.41, 5.74) is 0.723. The maximum atomic E-state index is 12.4. The zero-order valence-electron chi connectivity index (χ0n) is 17.0. The highest BCUT2D eigenvalue weighted by Gasteiger charge is 2.38. The molecule has 1 aliphatic rings. The first-order valence-electron chi connectivity index (χ1n) is 10.2. The van der Waals surface area contributed by atoms with Crippen LogP contribution in [0, 0.1) is 0 Å². The quantitative estimate of drug-likeness (QED) is 0.337. The third kappa shape index (κ3) is 7.55. The van der Waals surface area contributed by atoms with Crippen LogP contribution in [0.5, 0.6) is 5.75 Å². The van der Waals surface area contributed by atoms with Crippen molar-refractivity contribution in [2.75, 3.05) is 6.61 Å². The van der Waals surface area contributed by atoms with Crippen LogP contribution in [0.1, 0.15) is 67.8 Å². The molecule has 0 aromatic heterocycles. The summed E-state index contributed by atoms with van der Waals surface area (Å²) >= 11 is 0. The van der Waals surface area contributed by atoms with Crippen molar-refractivity contribution in [3.63, 3.8) is 0 Å². The number of fused-ring (bicyclic) bond motifs is 1. The summed E-state index contributed by atoms with van der Waals surface area (Å²) in [6, 6.07) is 4.81. The highest BCUT2D eigenvalue weighted by Crippen LogP contribution is 2.31. The molecule has 1 amide bonds. The Morgan fingerprint density at radius 1 is 1.27 bits per heavy atom. The van der Waals surface area contributed by atoms with Crippen molar-refractivity contribution in [3.8, 4) is 5.75 Å². The molecule has 0 aliphatic carbocycles. The molecule has 0 unspecified atom stereocenters. The monoisotopic (exact) mass is 429 g/mol. The maximum Gasteiger partial charge on any atom is 0.547 e. The Balaban J connectivity index is 1.93. The number of unbranched alkanes of at least 4 members (excludes halogenated alkanes) is 4. The van der Waals surface area contributed by atoms with Gasteiger partial charge in [-0.05, 0) is 24.5 Å². The van der Waals surface area contributed by atoms with E-state index in [1.807, 2.05) is 0 Å². The minimum atomic E-state index is -4.43. The van der Waals surface area contributed by atoms with Gasteiger partial charge in [-0.1, -0.05) is 44.7 Å². The van der Waals surface area contributed by atoms with Crippen molar-refractivity contribution >= 4 is 19.0 Å². The summed E-state index contributed by atoms with van der Waals surface area (Å²) in [6.45, 7) is 2.40. The molecule has 0 radical (unpaired) electrons. The van der Waals surface area contributed by atoms with E-state index in [0.717, 1.165) is 32.1 Å². The summed E-state index contributed by atoms with van der Waals surface area (Å²) in [5.74, 6) is -2.14. The number of benzene rings is 1. The predicted molar refractivity (Wildman–Crippen MR) is 105 cm³/mol. The number of esters is 1. The average Bonchev–Trinajstić information content (AvgIpc) is 2.68. The third-order valence-corrected chi connectivity index (χ3v) is 4.80. The molecule has 2 rings (SSSR count). The number of carbonyl (C=O) groups excluding carboxylic acids is 2. The number of nitrogens with one attached hydrogen (secondary N) is 1. The molecule has 0 bridgehead atoms. The van der Waals surface area contributed by atoms with Crippen molar-refractivity contribution in [3.05, 3.63) is 29.3 Å². The molecule has 1 aromatic carbocycles. The van der Waals surface area contributed by atoms with Crippen LogP contribution in [-0.2, 0) is 16.0 Å². The van der Waals surface area contributed by atoms with Gasteiger partial charge in [0.05, 0.1) is 19.0 Å². The highest BCUT2D eigenvalue weighted by atomic mass is 19.4. The van der Waals surface area contributed by atoms with Crippen LogP contribution >= 0.6 is 0 Å². The molecule has 2 N–H and O–H groups in total. The molecular formula is C20H27BF3NO5. The van der Waals surface area contributed by atoms with Crippen LogP contribution in [0.3, 0.4) is 0 Å². The van der Waals surface area contributed by atoms with E-state index in [4.69, 9.17) is 9.39 Å². The van der Waals surface area contributed by atoms with Crippen LogP contribution in [0.2, 0.25) is 0 Å². The van der Waals surface area contributed by atoms with Gasteiger partial charge in [0.25, 0.3) is 0 Å². The van der Waals surface area contributed by atoms with Gasteiger partial charge in [-0.3, -0.25) is 4.79 Å². The van der Waals surface area contributed by atoms with Crippen molar-refractivity contribution in [2.45, 2.75) is 70.4 Å². The van der Waals surface area contributed by atoms with Crippen molar-refractivity contribution in [2.24, 2.45) is 0 Å². The highest BCUT2D eigenvalue weighted by molar-refractivity contribution is 6.47. The number of rotatable bonds is 10. The normalized spacial score (nSPS) is 15.9. The number of carbonyl (C=O) groups is 2. The molecule has 0 fully saturated rings. The van der Waals surface area contributed by atoms with Crippen LogP contribution in [-0.4, -0.2) is 42.7 Å². The Bertz CT molecular complexity index is 729. The van der Waals surface area contributed by atoms with E-state index in [1.54, 1.807) is 12.1 Å². The SMILES string of the molecule is CCCCCCCOC(=O)c1cccc2c1OB(O)[C@@H](NC(=O)CCC(F)(F)F)C2. The van der Waals surface area contributed by atoms with E-state index < -0.39 is 44.0 Å². The van der Waals surface area contributed by atoms with E-state index in [0.29, 0.717) is 5.56 Å². The lowest BCUT2D eigenvalue weighted by molar-refractivity contribution is -0.144. The summed E-state index contributed by atoms with van der Waals surface area (Å²) in [7, 11) is -1.49. The Morgan fingerprint density at radius 2 is 2.00 bits per heavy atom. The molecule has 10 heteroatoms. The summed E-state index contributed by atoms with van der Waals surface area (Å²) in [6.07, 6.45) is -1.21. The molecule has 0 spiro atoms. The third-order valence-electron chi connectivity index (χ3n) is 4.80. The molecular weight excluding hydrogens is 402 g/mol. The van der Waals surface area contributed by atoms with Gasteiger partial charge < -0.3 is 19.7 Å². The van der Waals surface area contributed by atoms with E-state index in [-0.39, 0.29) is 24.3 Å². The van der Waals surface area contributed by atoms with Crippen molar-refractivity contribution in [1.82, 2.24) is 5.32 Å². The zero-order valence-corrected chi connectivity index (χ0v) is 17.0. The number of hydrogen-bond acceptors (Lipinski definition) is 5. The topological polar surface area (TPSA) is 84.9 Å². The second-order valence-electron chi connectivity index (χ2n) is 7.35. The summed E-state index contributed by atoms with van der Waals surface area (Å²) < 4.78 is 47.5. The number of para-hydroxylation sites is 1. The molecule has 30 heavy (non-hydrogen) atoms. The number of alkyl halides is 3. The lowest BCUT2D eigenvalue weighted by Gasteiger charge is -2.29. The van der Waals surface area contributed by atoms with Crippen molar-refractivity contribution < 1.29 is 37.2 Å². The average molecular weight is 429 g/mol. The number of amides is 1. The van der Waals surface area contributed by atoms with Crippen LogP contribution in [0.25, 0.3) is 0 Å². The van der Waals surface area contributed by atoms with Crippen LogP contribution in [0.15, 0.2) is 18.2 Å². The molecule has 1 aliphatic heterocycles. The van der Waals surface area contributed by atoms with Crippen LogP contribution < -0.4 is 9.97 Å². The summed E-state index contributed by atoms with van der Waals surface area (Å²) in [4.78, 5) is 24.1. The zero-order chi connectivity index (χ0) is 22.1. The van der Waals surface area contributed by atoms with E-state index in [9.17, 15) is 27.8 Å². The van der Waals surface area contributed by atoms with E-state index in [1.165, 1.54) is 6.07 Å². The number of ether oxygens (including phenoxy) is 1. The molecule has 0 saturated heterocycles. The standard InChI is InChI=1S/C20H27BF3NO5/c1-2-3-4-5-6-12-29-19(27)15-9-7-8-14-13-16(21(28)30-18(14)15)25-17(26)10-11-20(22,23)24/h7-9,16,28H,2-6,10-13H2,1H3,(H,25,26)/t16-/m0/s1. The second-order valence-corrected chi connectivity index (χ2v) is 7.35.